The third-order valence-corrected chi connectivity index (χ3v) is 3.17. The van der Waals surface area contributed by atoms with Gasteiger partial charge in [0.2, 0.25) is 12.7 Å². The van der Waals surface area contributed by atoms with Crippen LogP contribution in [0.3, 0.4) is 0 Å². The highest BCUT2D eigenvalue weighted by molar-refractivity contribution is 5.89. The monoisotopic (exact) mass is 284 g/mol. The van der Waals surface area contributed by atoms with Crippen molar-refractivity contribution in [1.82, 2.24) is 20.2 Å². The van der Waals surface area contributed by atoms with Crippen molar-refractivity contribution in [1.29, 1.82) is 0 Å². The van der Waals surface area contributed by atoms with E-state index in [0.29, 0.717) is 23.2 Å². The van der Waals surface area contributed by atoms with Gasteiger partial charge in [0, 0.05) is 18.8 Å². The third-order valence-electron chi connectivity index (χ3n) is 3.17. The molecule has 21 heavy (non-hydrogen) atoms. The van der Waals surface area contributed by atoms with E-state index in [4.69, 9.17) is 9.47 Å². The van der Waals surface area contributed by atoms with Gasteiger partial charge < -0.3 is 20.1 Å². The van der Waals surface area contributed by atoms with Crippen LogP contribution in [0.15, 0.2) is 24.4 Å². The Hall–Kier alpha value is -3.03. The zero-order chi connectivity index (χ0) is 14.2. The second kappa shape index (κ2) is 4.51. The summed E-state index contributed by atoms with van der Waals surface area (Å²) >= 11 is 0. The average Bonchev–Trinajstić information content (AvgIpc) is 3.14. The van der Waals surface area contributed by atoms with E-state index in [-0.39, 0.29) is 6.79 Å². The van der Waals surface area contributed by atoms with Crippen LogP contribution in [0.5, 0.6) is 11.5 Å². The van der Waals surface area contributed by atoms with Crippen LogP contribution in [0.25, 0.3) is 11.0 Å². The molecule has 8 nitrogen and oxygen atoms in total. The topological polar surface area (TPSA) is 97.0 Å². The highest BCUT2D eigenvalue weighted by Gasteiger charge is 2.14. The SMILES string of the molecule is CNc1nc(Nc2ccc3c(c2)OCO3)c2cn[nH]c2n1. The summed E-state index contributed by atoms with van der Waals surface area (Å²) in [6.45, 7) is 0.252. The van der Waals surface area contributed by atoms with Crippen molar-refractivity contribution in [3.63, 3.8) is 0 Å². The summed E-state index contributed by atoms with van der Waals surface area (Å²) in [5, 5.41) is 13.8. The number of benzene rings is 1. The molecule has 0 aliphatic carbocycles. The van der Waals surface area contributed by atoms with Gasteiger partial charge >= 0.3 is 0 Å². The van der Waals surface area contributed by atoms with Gasteiger partial charge in [0.25, 0.3) is 0 Å². The maximum Gasteiger partial charge on any atom is 0.231 e. The lowest BCUT2D eigenvalue weighted by molar-refractivity contribution is 0.174. The number of hydrogen-bond donors (Lipinski definition) is 3. The number of ether oxygens (including phenoxy) is 2. The Morgan fingerprint density at radius 1 is 1.19 bits per heavy atom. The zero-order valence-electron chi connectivity index (χ0n) is 11.2. The molecule has 3 heterocycles. The number of anilines is 3. The molecule has 3 aromatic rings. The maximum absolute atomic E-state index is 5.37. The fourth-order valence-corrected chi connectivity index (χ4v) is 2.15. The molecule has 0 atom stereocenters. The average molecular weight is 284 g/mol. The molecular formula is C13H12N6O2. The van der Waals surface area contributed by atoms with E-state index in [1.165, 1.54) is 0 Å². The Morgan fingerprint density at radius 3 is 3.00 bits per heavy atom. The van der Waals surface area contributed by atoms with Crippen molar-refractivity contribution < 1.29 is 9.47 Å². The summed E-state index contributed by atoms with van der Waals surface area (Å²) in [4.78, 5) is 8.70. The van der Waals surface area contributed by atoms with Gasteiger partial charge in [0.05, 0.1) is 11.6 Å². The van der Waals surface area contributed by atoms with Gasteiger partial charge in [-0.3, -0.25) is 5.10 Å². The fraction of sp³-hybridized carbons (Fsp3) is 0.154. The molecule has 0 bridgehead atoms. The van der Waals surface area contributed by atoms with Gasteiger partial charge in [-0.15, -0.1) is 0 Å². The normalized spacial score (nSPS) is 12.6. The van der Waals surface area contributed by atoms with Gasteiger partial charge in [0.15, 0.2) is 17.1 Å². The van der Waals surface area contributed by atoms with Crippen molar-refractivity contribution in [2.24, 2.45) is 0 Å². The second-order valence-electron chi connectivity index (χ2n) is 4.47. The van der Waals surface area contributed by atoms with Gasteiger partial charge in [-0.1, -0.05) is 0 Å². The summed E-state index contributed by atoms with van der Waals surface area (Å²) in [7, 11) is 1.77. The molecule has 2 aromatic heterocycles. The smallest absolute Gasteiger partial charge is 0.231 e. The first-order chi connectivity index (χ1) is 10.3. The Bertz CT molecular complexity index is 816. The number of rotatable bonds is 3. The Morgan fingerprint density at radius 2 is 2.10 bits per heavy atom. The van der Waals surface area contributed by atoms with Crippen molar-refractivity contribution in [3.05, 3.63) is 24.4 Å². The van der Waals surface area contributed by atoms with Crippen LogP contribution in [0.2, 0.25) is 0 Å². The number of aromatic amines is 1. The number of aromatic nitrogens is 4. The van der Waals surface area contributed by atoms with Gasteiger partial charge in [-0.25, -0.2) is 0 Å². The summed E-state index contributed by atoms with van der Waals surface area (Å²) in [5.74, 6) is 2.63. The minimum Gasteiger partial charge on any atom is -0.454 e. The van der Waals surface area contributed by atoms with Crippen molar-refractivity contribution in [3.8, 4) is 11.5 Å². The van der Waals surface area contributed by atoms with Crippen LogP contribution in [-0.4, -0.2) is 34.0 Å². The molecule has 1 aliphatic heterocycles. The van der Waals surface area contributed by atoms with Gasteiger partial charge in [-0.2, -0.15) is 15.1 Å². The number of H-pyrrole nitrogens is 1. The minimum atomic E-state index is 0.252. The Balaban J connectivity index is 1.75. The van der Waals surface area contributed by atoms with E-state index in [1.807, 2.05) is 18.2 Å². The van der Waals surface area contributed by atoms with E-state index in [0.717, 1.165) is 16.8 Å². The predicted octanol–water partition coefficient (Wildman–Crippen LogP) is 1.87. The number of nitrogens with zero attached hydrogens (tertiary/aromatic N) is 3. The molecule has 0 saturated heterocycles. The molecule has 106 valence electrons. The van der Waals surface area contributed by atoms with Gasteiger partial charge in [0.1, 0.15) is 5.82 Å². The molecule has 0 fully saturated rings. The molecule has 0 spiro atoms. The van der Waals surface area contributed by atoms with Crippen molar-refractivity contribution >= 4 is 28.5 Å². The van der Waals surface area contributed by atoms with Crippen molar-refractivity contribution in [2.75, 3.05) is 24.5 Å². The van der Waals surface area contributed by atoms with E-state index < -0.39 is 0 Å². The highest BCUT2D eigenvalue weighted by atomic mass is 16.7. The predicted molar refractivity (Wildman–Crippen MR) is 77.1 cm³/mol. The first-order valence-electron chi connectivity index (χ1n) is 6.39. The molecule has 0 amide bonds. The molecule has 4 rings (SSSR count). The summed E-state index contributed by atoms with van der Waals surface area (Å²) in [5.41, 5.74) is 1.51. The number of hydrogen-bond acceptors (Lipinski definition) is 7. The summed E-state index contributed by atoms with van der Waals surface area (Å²) in [6, 6.07) is 5.63. The second-order valence-corrected chi connectivity index (χ2v) is 4.47. The van der Waals surface area contributed by atoms with Crippen LogP contribution in [-0.2, 0) is 0 Å². The standard InChI is InChI=1S/C13H12N6O2/c1-14-13-17-11(8-5-15-19-12(8)18-13)16-7-2-3-9-10(4-7)21-6-20-9/h2-5H,6H2,1H3,(H3,14,15,16,17,18,19). The van der Waals surface area contributed by atoms with Crippen molar-refractivity contribution in [2.45, 2.75) is 0 Å². The number of fused-ring (bicyclic) bond motifs is 2. The summed E-state index contributed by atoms with van der Waals surface area (Å²) < 4.78 is 10.7. The molecule has 0 radical (unpaired) electrons. The molecule has 0 unspecified atom stereocenters. The van der Waals surface area contributed by atoms with Crippen LogP contribution in [0.1, 0.15) is 0 Å². The lowest BCUT2D eigenvalue weighted by Crippen LogP contribution is -2.01. The van der Waals surface area contributed by atoms with Gasteiger partial charge in [-0.05, 0) is 12.1 Å². The van der Waals surface area contributed by atoms with Crippen LogP contribution >= 0.6 is 0 Å². The van der Waals surface area contributed by atoms with E-state index in [2.05, 4.69) is 30.8 Å². The first kappa shape index (κ1) is 11.8. The zero-order valence-corrected chi connectivity index (χ0v) is 11.2. The number of nitrogens with one attached hydrogen (secondary N) is 3. The quantitative estimate of drug-likeness (QED) is 0.675. The lowest BCUT2D eigenvalue weighted by Gasteiger charge is -2.08. The molecule has 3 N–H and O–H groups in total. The first-order valence-corrected chi connectivity index (χ1v) is 6.39. The molecule has 1 aliphatic rings. The van der Waals surface area contributed by atoms with E-state index in [9.17, 15) is 0 Å². The Labute approximate surface area is 119 Å². The third kappa shape index (κ3) is 1.97. The van der Waals surface area contributed by atoms with E-state index in [1.54, 1.807) is 13.2 Å². The highest BCUT2D eigenvalue weighted by Crippen LogP contribution is 2.35. The van der Waals surface area contributed by atoms with Crippen LogP contribution in [0.4, 0.5) is 17.5 Å². The molecule has 8 heteroatoms. The molecule has 1 aromatic carbocycles. The maximum atomic E-state index is 5.37. The minimum absolute atomic E-state index is 0.252. The summed E-state index contributed by atoms with van der Waals surface area (Å²) in [6.07, 6.45) is 1.68. The lowest BCUT2D eigenvalue weighted by atomic mass is 10.2. The molecule has 0 saturated carbocycles. The van der Waals surface area contributed by atoms with Crippen LogP contribution < -0.4 is 20.1 Å². The largest absolute Gasteiger partial charge is 0.454 e. The Kier molecular flexibility index (Phi) is 2.53. The molecular weight excluding hydrogens is 272 g/mol. The van der Waals surface area contributed by atoms with Crippen LogP contribution in [0, 0.1) is 0 Å². The fourth-order valence-electron chi connectivity index (χ4n) is 2.15. The van der Waals surface area contributed by atoms with E-state index >= 15 is 0 Å².